The third-order valence-corrected chi connectivity index (χ3v) is 9.77. The van der Waals surface area contributed by atoms with Crippen LogP contribution >= 0.6 is 98.5 Å². The summed E-state index contributed by atoms with van der Waals surface area (Å²) in [7, 11) is 0. The molecule has 0 atom stereocenters. The first kappa shape index (κ1) is 36.0. The minimum Gasteiger partial charge on any atom is -0.461 e. The highest BCUT2D eigenvalue weighted by molar-refractivity contribution is 9.11. The Bertz CT molecular complexity index is 1920. The van der Waals surface area contributed by atoms with Gasteiger partial charge in [-0.3, -0.25) is 19.7 Å². The molecule has 3 aromatic carbocycles. The number of rotatable bonds is 4. The van der Waals surface area contributed by atoms with E-state index in [0.29, 0.717) is 10.0 Å². The third kappa shape index (κ3) is 9.35. The molecule has 0 bridgehead atoms. The zero-order valence-corrected chi connectivity index (χ0v) is 31.9. The van der Waals surface area contributed by atoms with Gasteiger partial charge >= 0.3 is 5.97 Å². The van der Waals surface area contributed by atoms with E-state index in [9.17, 15) is 4.79 Å². The molecule has 0 saturated carbocycles. The molecule has 0 fully saturated rings. The van der Waals surface area contributed by atoms with Crippen molar-refractivity contribution in [2.24, 2.45) is 0 Å². The number of halogens is 7. The molecule has 3 heterocycles. The molecule has 13 heteroatoms. The normalized spacial score (nSPS) is 10.7. The molecule has 232 valence electrons. The number of nitrogens with zero attached hydrogens (tertiary/aromatic N) is 3. The van der Waals surface area contributed by atoms with Crippen LogP contribution in [0.2, 0.25) is 15.1 Å². The van der Waals surface area contributed by atoms with Gasteiger partial charge in [0.1, 0.15) is 6.61 Å². The lowest BCUT2D eigenvalue weighted by Crippen LogP contribution is -1.99. The van der Waals surface area contributed by atoms with Crippen molar-refractivity contribution >= 4 is 137 Å². The molecule has 45 heavy (non-hydrogen) atoms. The highest BCUT2D eigenvalue weighted by atomic mass is 79.9. The summed E-state index contributed by atoms with van der Waals surface area (Å²) in [6.45, 7) is 1.59. The fourth-order valence-electron chi connectivity index (χ4n) is 4.19. The average Bonchev–Trinajstić information content (AvgIpc) is 3.02. The van der Waals surface area contributed by atoms with Gasteiger partial charge in [0.2, 0.25) is 0 Å². The molecule has 6 rings (SSSR count). The van der Waals surface area contributed by atoms with Crippen LogP contribution < -0.4 is 0 Å². The lowest BCUT2D eigenvalue weighted by Gasteiger charge is -2.07. The van der Waals surface area contributed by atoms with E-state index in [0.717, 1.165) is 72.8 Å². The smallest absolute Gasteiger partial charge is 0.302 e. The molecule has 0 aliphatic carbocycles. The van der Waals surface area contributed by atoms with E-state index in [1.54, 1.807) is 49.3 Å². The number of alkyl halides is 1. The summed E-state index contributed by atoms with van der Waals surface area (Å²) in [6.07, 6.45) is 10.4. The number of hydrogen-bond donors (Lipinski definition) is 1. The maximum absolute atomic E-state index is 10.8. The van der Waals surface area contributed by atoms with Crippen LogP contribution in [0.25, 0.3) is 32.3 Å². The number of carbonyl (C=O) groups excluding carboxylic acids is 1. The SMILES string of the molecule is CC(=O)OCc1cc(Cl)c2cncc(Br)c2c1.Clc1cc(CBr)cc2c(Br)cncc12.OCc1cc(Cl)c2cncc(Br)c2c1. The molecule has 1 N–H and O–H groups in total. The lowest BCUT2D eigenvalue weighted by atomic mass is 10.1. The van der Waals surface area contributed by atoms with Gasteiger partial charge < -0.3 is 9.84 Å². The number of hydrogen-bond acceptors (Lipinski definition) is 6. The Kier molecular flexibility index (Phi) is 13.4. The second kappa shape index (κ2) is 16.8. The fraction of sp³-hybridized carbons (Fsp3) is 0.125. The summed E-state index contributed by atoms with van der Waals surface area (Å²) in [5, 5.41) is 17.5. The summed E-state index contributed by atoms with van der Waals surface area (Å²) in [5.74, 6) is -0.310. The summed E-state index contributed by atoms with van der Waals surface area (Å²) in [5.41, 5.74) is 2.81. The van der Waals surface area contributed by atoms with E-state index in [4.69, 9.17) is 44.6 Å². The summed E-state index contributed by atoms with van der Waals surface area (Å²) >= 11 is 32.0. The quantitative estimate of drug-likeness (QED) is 0.140. The van der Waals surface area contributed by atoms with Crippen LogP contribution in [0.4, 0.5) is 0 Å². The van der Waals surface area contributed by atoms with Crippen molar-refractivity contribution in [2.75, 3.05) is 0 Å². The summed E-state index contributed by atoms with van der Waals surface area (Å²) in [6, 6.07) is 11.4. The van der Waals surface area contributed by atoms with Crippen LogP contribution in [0.3, 0.4) is 0 Å². The molecule has 0 aliphatic rings. The average molecular weight is 923 g/mol. The molecule has 0 amide bonds. The van der Waals surface area contributed by atoms with Crippen molar-refractivity contribution < 1.29 is 14.6 Å². The number of esters is 1. The number of aliphatic hydroxyl groups is 1. The number of pyridine rings is 3. The van der Waals surface area contributed by atoms with Crippen LogP contribution in [-0.2, 0) is 28.1 Å². The van der Waals surface area contributed by atoms with Crippen LogP contribution in [0.15, 0.2) is 87.0 Å². The molecule has 6 aromatic rings. The van der Waals surface area contributed by atoms with Gasteiger partial charge in [-0.1, -0.05) is 50.7 Å². The van der Waals surface area contributed by atoms with E-state index in [1.165, 1.54) is 6.92 Å². The standard InChI is InChI=1S/C12H9BrClNO2.C10H6Br2ClN.C10H7BrClNO/c1-7(16)17-6-8-2-9-10(12(14)3-8)4-15-5-11(9)13;11-3-6-1-7-8(10(13)2-6)4-14-5-9(7)12;11-9-4-13-3-8-7(9)1-6(5-14)2-10(8)12/h2-5H,6H2,1H3;1-2,4-5H,3H2;1-4,14H,5H2. The van der Waals surface area contributed by atoms with Gasteiger partial charge in [0, 0.05) is 95.2 Å². The lowest BCUT2D eigenvalue weighted by molar-refractivity contribution is -0.142. The highest BCUT2D eigenvalue weighted by Gasteiger charge is 2.08. The van der Waals surface area contributed by atoms with Crippen LogP contribution in [-0.4, -0.2) is 26.0 Å². The molecule has 0 radical (unpaired) electrons. The van der Waals surface area contributed by atoms with Crippen molar-refractivity contribution in [2.45, 2.75) is 25.5 Å². The van der Waals surface area contributed by atoms with Crippen molar-refractivity contribution in [3.05, 3.63) is 119 Å². The Morgan fingerprint density at radius 2 is 1.02 bits per heavy atom. The molecular formula is C32H22Br4Cl3N3O3. The number of aromatic nitrogens is 3. The van der Waals surface area contributed by atoms with E-state index >= 15 is 0 Å². The van der Waals surface area contributed by atoms with Gasteiger partial charge in [-0.05, 0) is 101 Å². The maximum Gasteiger partial charge on any atom is 0.302 e. The molecule has 0 spiro atoms. The topological polar surface area (TPSA) is 85.2 Å². The Hall–Kier alpha value is -1.89. The van der Waals surface area contributed by atoms with E-state index < -0.39 is 0 Å². The first-order valence-corrected chi connectivity index (χ1v) is 17.6. The summed E-state index contributed by atoms with van der Waals surface area (Å²) in [4.78, 5) is 22.9. The van der Waals surface area contributed by atoms with E-state index in [-0.39, 0.29) is 19.2 Å². The first-order chi connectivity index (χ1) is 21.5. The highest BCUT2D eigenvalue weighted by Crippen LogP contribution is 2.32. The minimum atomic E-state index is -0.310. The third-order valence-electron chi connectivity index (χ3n) is 6.29. The predicted molar refractivity (Wildman–Crippen MR) is 197 cm³/mol. The van der Waals surface area contributed by atoms with Crippen molar-refractivity contribution in [1.29, 1.82) is 0 Å². The second-order valence-electron chi connectivity index (χ2n) is 9.45. The van der Waals surface area contributed by atoms with E-state index in [1.807, 2.05) is 18.2 Å². The number of ether oxygens (including phenoxy) is 1. The molecule has 0 saturated heterocycles. The van der Waals surface area contributed by atoms with Gasteiger partial charge in [0.15, 0.2) is 0 Å². The zero-order chi connectivity index (χ0) is 32.7. The minimum absolute atomic E-state index is 0.00950. The summed E-state index contributed by atoms with van der Waals surface area (Å²) < 4.78 is 7.66. The second-order valence-corrected chi connectivity index (χ2v) is 13.8. The molecule has 6 nitrogen and oxygen atoms in total. The van der Waals surface area contributed by atoms with Crippen LogP contribution in [0.1, 0.15) is 23.6 Å². The Morgan fingerprint density at radius 1 is 0.644 bits per heavy atom. The molecule has 3 aromatic heterocycles. The monoisotopic (exact) mass is 917 g/mol. The number of aliphatic hydroxyl groups excluding tert-OH is 1. The van der Waals surface area contributed by atoms with Gasteiger partial charge in [-0.2, -0.15) is 0 Å². The Morgan fingerprint density at radius 3 is 1.42 bits per heavy atom. The first-order valence-electron chi connectivity index (χ1n) is 13.0. The maximum atomic E-state index is 10.8. The number of benzene rings is 3. The van der Waals surface area contributed by atoms with Crippen molar-refractivity contribution in [3.63, 3.8) is 0 Å². The van der Waals surface area contributed by atoms with Gasteiger partial charge in [0.05, 0.1) is 21.7 Å². The van der Waals surface area contributed by atoms with Crippen LogP contribution in [0.5, 0.6) is 0 Å². The van der Waals surface area contributed by atoms with Crippen molar-refractivity contribution in [1.82, 2.24) is 15.0 Å². The Balaban J connectivity index is 0.000000155. The van der Waals surface area contributed by atoms with Crippen molar-refractivity contribution in [3.8, 4) is 0 Å². The van der Waals surface area contributed by atoms with Gasteiger partial charge in [-0.25, -0.2) is 0 Å². The molecular weight excluding hydrogens is 900 g/mol. The van der Waals surface area contributed by atoms with E-state index in [2.05, 4.69) is 84.7 Å². The predicted octanol–water partition coefficient (Wildman–Crippen LogP) is 11.4. The molecule has 0 unspecified atom stereocenters. The zero-order valence-electron chi connectivity index (χ0n) is 23.3. The van der Waals surface area contributed by atoms with Gasteiger partial charge in [0.25, 0.3) is 0 Å². The van der Waals surface area contributed by atoms with Gasteiger partial charge in [-0.15, -0.1) is 0 Å². The Labute approximate surface area is 308 Å². The molecule has 0 aliphatic heterocycles. The largest absolute Gasteiger partial charge is 0.461 e. The number of carbonyl (C=O) groups is 1. The number of fused-ring (bicyclic) bond motifs is 3. The van der Waals surface area contributed by atoms with Crippen LogP contribution in [0, 0.1) is 0 Å². The fourth-order valence-corrected chi connectivity index (χ4v) is 6.72.